The summed E-state index contributed by atoms with van der Waals surface area (Å²) >= 11 is 0. The van der Waals surface area contributed by atoms with Crippen molar-refractivity contribution in [3.63, 3.8) is 0 Å². The highest BCUT2D eigenvalue weighted by molar-refractivity contribution is 6.75. The molecule has 0 heterocycles. The van der Waals surface area contributed by atoms with E-state index in [9.17, 15) is 0 Å². The van der Waals surface area contributed by atoms with E-state index in [1.165, 1.54) is 12.8 Å². The van der Waals surface area contributed by atoms with Crippen LogP contribution < -0.4 is 0 Å². The minimum atomic E-state index is -1.44. The lowest BCUT2D eigenvalue weighted by Gasteiger charge is -2.35. The predicted octanol–water partition coefficient (Wildman–Crippen LogP) is 4.20. The molecule has 0 saturated heterocycles. The lowest BCUT2D eigenvalue weighted by molar-refractivity contribution is 0.282. The van der Waals surface area contributed by atoms with E-state index in [0.29, 0.717) is 0 Å². The minimum absolute atomic E-state index is 0.726. The van der Waals surface area contributed by atoms with Crippen LogP contribution >= 0.6 is 0 Å². The third-order valence-electron chi connectivity index (χ3n) is 3.20. The number of unbranched alkanes of at least 4 members (excludes halogenated alkanes) is 1. The van der Waals surface area contributed by atoms with Crippen molar-refractivity contribution in [1.29, 1.82) is 0 Å². The monoisotopic (exact) mass is 202 g/mol. The zero-order valence-corrected chi connectivity index (χ0v) is 11.2. The van der Waals surface area contributed by atoms with Gasteiger partial charge in [-0.15, -0.1) is 0 Å². The maximum absolute atomic E-state index is 6.13. The molecule has 0 bridgehead atoms. The second-order valence-electron chi connectivity index (χ2n) is 4.70. The van der Waals surface area contributed by atoms with E-state index in [1.807, 2.05) is 0 Å². The Hall–Kier alpha value is 0.177. The topological polar surface area (TPSA) is 9.23 Å². The normalized spacial score (nSPS) is 12.9. The van der Waals surface area contributed by atoms with Crippen molar-refractivity contribution in [2.45, 2.75) is 65.1 Å². The molecule has 0 N–H and O–H groups in total. The highest BCUT2D eigenvalue weighted by Crippen LogP contribution is 2.33. The van der Waals surface area contributed by atoms with Crippen LogP contribution in [0, 0.1) is 0 Å². The van der Waals surface area contributed by atoms with Crippen molar-refractivity contribution in [3.05, 3.63) is 0 Å². The maximum Gasteiger partial charge on any atom is 0.194 e. The van der Waals surface area contributed by atoms with Gasteiger partial charge in [0.1, 0.15) is 0 Å². The molecule has 1 nitrogen and oxygen atoms in total. The molecule has 0 aromatic rings. The largest absolute Gasteiger partial charge is 0.417 e. The molecule has 0 radical (unpaired) electrons. The van der Waals surface area contributed by atoms with E-state index in [0.717, 1.165) is 17.7 Å². The Labute approximate surface area is 85.0 Å². The summed E-state index contributed by atoms with van der Waals surface area (Å²) in [6.45, 7) is 14.8. The van der Waals surface area contributed by atoms with Gasteiger partial charge in [0, 0.05) is 6.61 Å². The molecule has 0 atom stereocenters. The fourth-order valence-corrected chi connectivity index (χ4v) is 4.02. The molecular formula is C11H26OSi. The molecule has 0 amide bonds. The van der Waals surface area contributed by atoms with Gasteiger partial charge in [-0.1, -0.05) is 41.0 Å². The van der Waals surface area contributed by atoms with E-state index in [4.69, 9.17) is 4.43 Å². The fraction of sp³-hybridized carbons (Fsp3) is 1.00. The summed E-state index contributed by atoms with van der Waals surface area (Å²) < 4.78 is 6.13. The first kappa shape index (κ1) is 13.2. The van der Waals surface area contributed by atoms with E-state index in [1.54, 1.807) is 0 Å². The number of hydrogen-bond donors (Lipinski definition) is 0. The van der Waals surface area contributed by atoms with Gasteiger partial charge in [0.2, 0.25) is 0 Å². The van der Waals surface area contributed by atoms with Crippen LogP contribution in [0.3, 0.4) is 0 Å². The first-order chi connectivity index (χ1) is 5.95. The predicted molar refractivity (Wildman–Crippen MR) is 62.7 cm³/mol. The van der Waals surface area contributed by atoms with Crippen molar-refractivity contribution in [2.75, 3.05) is 6.61 Å². The molecular weight excluding hydrogens is 176 g/mol. The zero-order valence-electron chi connectivity index (χ0n) is 10.2. The molecule has 0 rings (SSSR count). The smallest absolute Gasteiger partial charge is 0.194 e. The Morgan fingerprint density at radius 3 is 1.85 bits per heavy atom. The summed E-state index contributed by atoms with van der Waals surface area (Å²) in [7, 11) is -1.44. The van der Waals surface area contributed by atoms with Crippen molar-refractivity contribution in [2.24, 2.45) is 0 Å². The first-order valence-corrected chi connectivity index (χ1v) is 8.15. The SMILES string of the molecule is CCCCO[Si](C)(C(C)C)C(C)C. The van der Waals surface area contributed by atoms with Gasteiger partial charge in [-0.3, -0.25) is 0 Å². The van der Waals surface area contributed by atoms with Crippen LogP contribution in [0.1, 0.15) is 47.5 Å². The van der Waals surface area contributed by atoms with Crippen LogP contribution in [0.5, 0.6) is 0 Å². The third kappa shape index (κ3) is 3.82. The Morgan fingerprint density at radius 2 is 1.54 bits per heavy atom. The number of hydrogen-bond acceptors (Lipinski definition) is 1. The first-order valence-electron chi connectivity index (χ1n) is 5.59. The standard InChI is InChI=1S/C11H26OSi/c1-7-8-9-12-13(6,10(2)3)11(4)5/h10-11H,7-9H2,1-6H3. The van der Waals surface area contributed by atoms with Crippen molar-refractivity contribution < 1.29 is 4.43 Å². The molecule has 2 heteroatoms. The fourth-order valence-electron chi connectivity index (χ4n) is 1.44. The molecule has 13 heavy (non-hydrogen) atoms. The average molecular weight is 202 g/mol. The summed E-state index contributed by atoms with van der Waals surface area (Å²) in [5, 5.41) is 0. The maximum atomic E-state index is 6.13. The summed E-state index contributed by atoms with van der Waals surface area (Å²) in [4.78, 5) is 0. The highest BCUT2D eigenvalue weighted by atomic mass is 28.4. The van der Waals surface area contributed by atoms with Crippen molar-refractivity contribution >= 4 is 8.32 Å². The van der Waals surface area contributed by atoms with Crippen LogP contribution in [0.2, 0.25) is 17.6 Å². The second kappa shape index (κ2) is 5.81. The van der Waals surface area contributed by atoms with Crippen molar-refractivity contribution in [3.8, 4) is 0 Å². The molecule has 80 valence electrons. The average Bonchev–Trinajstić information content (AvgIpc) is 2.03. The van der Waals surface area contributed by atoms with Crippen molar-refractivity contribution in [1.82, 2.24) is 0 Å². The Bertz CT molecular complexity index is 124. The van der Waals surface area contributed by atoms with Gasteiger partial charge in [0.05, 0.1) is 0 Å². The molecule has 0 aromatic heterocycles. The van der Waals surface area contributed by atoms with Gasteiger partial charge in [0.15, 0.2) is 8.32 Å². The van der Waals surface area contributed by atoms with E-state index in [2.05, 4.69) is 41.2 Å². The van der Waals surface area contributed by atoms with E-state index in [-0.39, 0.29) is 0 Å². The van der Waals surface area contributed by atoms with Crippen LogP contribution in [0.4, 0.5) is 0 Å². The van der Waals surface area contributed by atoms with Crippen LogP contribution in [0.25, 0.3) is 0 Å². The van der Waals surface area contributed by atoms with Gasteiger partial charge in [0.25, 0.3) is 0 Å². The Morgan fingerprint density at radius 1 is 1.08 bits per heavy atom. The molecule has 0 unspecified atom stereocenters. The van der Waals surface area contributed by atoms with Gasteiger partial charge in [-0.05, 0) is 24.1 Å². The lowest BCUT2D eigenvalue weighted by Crippen LogP contribution is -2.41. The van der Waals surface area contributed by atoms with E-state index >= 15 is 0 Å². The van der Waals surface area contributed by atoms with Crippen LogP contribution in [-0.4, -0.2) is 14.9 Å². The molecule has 0 saturated carbocycles. The molecule has 0 aliphatic carbocycles. The minimum Gasteiger partial charge on any atom is -0.417 e. The van der Waals surface area contributed by atoms with Crippen LogP contribution in [-0.2, 0) is 4.43 Å². The molecule has 0 aliphatic heterocycles. The summed E-state index contributed by atoms with van der Waals surface area (Å²) in [6.07, 6.45) is 2.45. The third-order valence-corrected chi connectivity index (χ3v) is 8.62. The Kier molecular flexibility index (Phi) is 5.89. The summed E-state index contributed by atoms with van der Waals surface area (Å²) in [5.41, 5.74) is 1.45. The molecule has 0 aliphatic rings. The van der Waals surface area contributed by atoms with Crippen LogP contribution in [0.15, 0.2) is 0 Å². The van der Waals surface area contributed by atoms with Gasteiger partial charge in [-0.25, -0.2) is 0 Å². The summed E-state index contributed by atoms with van der Waals surface area (Å²) in [6, 6.07) is 0. The van der Waals surface area contributed by atoms with Gasteiger partial charge >= 0.3 is 0 Å². The lowest BCUT2D eigenvalue weighted by atomic mass is 10.4. The zero-order chi connectivity index (χ0) is 10.5. The van der Waals surface area contributed by atoms with E-state index < -0.39 is 8.32 Å². The molecule has 0 aromatic carbocycles. The van der Waals surface area contributed by atoms with Gasteiger partial charge < -0.3 is 4.43 Å². The summed E-state index contributed by atoms with van der Waals surface area (Å²) in [5.74, 6) is 0. The quantitative estimate of drug-likeness (QED) is 0.463. The molecule has 0 fully saturated rings. The highest BCUT2D eigenvalue weighted by Gasteiger charge is 2.36. The Balaban J connectivity index is 4.09. The number of rotatable bonds is 6. The second-order valence-corrected chi connectivity index (χ2v) is 9.66. The van der Waals surface area contributed by atoms with Gasteiger partial charge in [-0.2, -0.15) is 0 Å². The molecule has 0 spiro atoms.